The predicted molar refractivity (Wildman–Crippen MR) is 59.6 cm³/mol. The summed E-state index contributed by atoms with van der Waals surface area (Å²) in [5.74, 6) is -0.418. The number of imidazole rings is 1. The highest BCUT2D eigenvalue weighted by molar-refractivity contribution is 6.34. The smallest absolute Gasteiger partial charge is 0.342 e. The summed E-state index contributed by atoms with van der Waals surface area (Å²) >= 11 is 5.91. The maximum atomic E-state index is 11.7. The number of carbonyl (C=O) groups excluding carboxylic acids is 1. The zero-order valence-corrected chi connectivity index (χ0v) is 9.63. The van der Waals surface area contributed by atoms with Crippen molar-refractivity contribution >= 4 is 28.6 Å². The number of aromatic amines is 1. The summed E-state index contributed by atoms with van der Waals surface area (Å²) in [4.78, 5) is 22.7. The minimum Gasteiger partial charge on any atom is -0.462 e. The molecule has 0 aliphatic carbocycles. The Labute approximate surface area is 96.8 Å². The number of esters is 1. The molecule has 0 saturated heterocycles. The normalized spacial score (nSPS) is 10.7. The Kier molecular flexibility index (Phi) is 2.78. The van der Waals surface area contributed by atoms with Gasteiger partial charge in [-0.1, -0.05) is 11.6 Å². The molecule has 0 aromatic carbocycles. The number of rotatable bonds is 2. The quantitative estimate of drug-likeness (QED) is 0.644. The molecule has 0 atom stereocenters. The summed E-state index contributed by atoms with van der Waals surface area (Å²) in [5.41, 5.74) is 1.96. The SMILES string of the molecule is CCOC(=O)c1c(C)nc(Cl)c2nc[nH]c12. The van der Waals surface area contributed by atoms with Crippen LogP contribution in [0, 0.1) is 6.92 Å². The van der Waals surface area contributed by atoms with Crippen LogP contribution in [0.5, 0.6) is 0 Å². The molecule has 84 valence electrons. The van der Waals surface area contributed by atoms with E-state index in [1.807, 2.05) is 0 Å². The van der Waals surface area contributed by atoms with Crippen LogP contribution in [-0.4, -0.2) is 27.5 Å². The molecule has 0 bridgehead atoms. The fourth-order valence-electron chi connectivity index (χ4n) is 1.53. The lowest BCUT2D eigenvalue weighted by molar-refractivity contribution is 0.0527. The van der Waals surface area contributed by atoms with Crippen molar-refractivity contribution in [1.82, 2.24) is 15.0 Å². The number of nitrogens with zero attached hydrogens (tertiary/aromatic N) is 2. The lowest BCUT2D eigenvalue weighted by Crippen LogP contribution is -2.09. The van der Waals surface area contributed by atoms with E-state index in [-0.39, 0.29) is 5.15 Å². The molecule has 0 spiro atoms. The fourth-order valence-corrected chi connectivity index (χ4v) is 1.80. The molecule has 6 heteroatoms. The van der Waals surface area contributed by atoms with Crippen molar-refractivity contribution in [3.63, 3.8) is 0 Å². The van der Waals surface area contributed by atoms with Gasteiger partial charge in [-0.3, -0.25) is 0 Å². The first-order chi connectivity index (χ1) is 7.65. The molecule has 1 N–H and O–H groups in total. The van der Waals surface area contributed by atoms with Crippen molar-refractivity contribution in [3.05, 3.63) is 22.7 Å². The number of pyridine rings is 1. The molecule has 2 rings (SSSR count). The van der Waals surface area contributed by atoms with Crippen molar-refractivity contribution in [1.29, 1.82) is 0 Å². The van der Waals surface area contributed by atoms with Crippen LogP contribution in [0.15, 0.2) is 6.33 Å². The van der Waals surface area contributed by atoms with E-state index in [0.717, 1.165) is 0 Å². The average molecular weight is 240 g/mol. The van der Waals surface area contributed by atoms with Gasteiger partial charge in [-0.25, -0.2) is 14.8 Å². The number of hydrogen-bond donors (Lipinski definition) is 1. The second kappa shape index (κ2) is 4.09. The van der Waals surface area contributed by atoms with Gasteiger partial charge in [0, 0.05) is 0 Å². The topological polar surface area (TPSA) is 67.9 Å². The van der Waals surface area contributed by atoms with Crippen LogP contribution >= 0.6 is 11.6 Å². The van der Waals surface area contributed by atoms with Gasteiger partial charge in [0.25, 0.3) is 0 Å². The molecule has 5 nitrogen and oxygen atoms in total. The molecule has 0 radical (unpaired) electrons. The van der Waals surface area contributed by atoms with Gasteiger partial charge >= 0.3 is 5.97 Å². The second-order valence-electron chi connectivity index (χ2n) is 3.21. The lowest BCUT2D eigenvalue weighted by Gasteiger charge is -2.06. The number of H-pyrrole nitrogens is 1. The minimum absolute atomic E-state index is 0.279. The Balaban J connectivity index is 2.68. The average Bonchev–Trinajstić information content (AvgIpc) is 2.66. The lowest BCUT2D eigenvalue weighted by atomic mass is 10.2. The number of aromatic nitrogens is 3. The molecular formula is C10H10ClN3O2. The van der Waals surface area contributed by atoms with Crippen molar-refractivity contribution in [3.8, 4) is 0 Å². The van der Waals surface area contributed by atoms with Gasteiger partial charge in [0.15, 0.2) is 5.15 Å². The summed E-state index contributed by atoms with van der Waals surface area (Å²) in [7, 11) is 0. The largest absolute Gasteiger partial charge is 0.462 e. The molecule has 0 aliphatic heterocycles. The number of aryl methyl sites for hydroxylation is 1. The van der Waals surface area contributed by atoms with Crippen molar-refractivity contribution < 1.29 is 9.53 Å². The van der Waals surface area contributed by atoms with Crippen LogP contribution in [-0.2, 0) is 4.74 Å². The van der Waals surface area contributed by atoms with Crippen molar-refractivity contribution in [2.24, 2.45) is 0 Å². The van der Waals surface area contributed by atoms with Gasteiger partial charge in [-0.15, -0.1) is 0 Å². The Morgan fingerprint density at radius 3 is 3.06 bits per heavy atom. The molecule has 0 amide bonds. The molecule has 0 saturated carbocycles. The standard InChI is InChI=1S/C10H10ClN3O2/c1-3-16-10(15)6-5(2)14-9(11)8-7(6)12-4-13-8/h4H,3H2,1-2H3,(H,12,13). The highest BCUT2D eigenvalue weighted by atomic mass is 35.5. The van der Waals surface area contributed by atoms with Crippen LogP contribution in [0.1, 0.15) is 23.0 Å². The number of nitrogens with one attached hydrogen (secondary N) is 1. The van der Waals surface area contributed by atoms with Crippen molar-refractivity contribution in [2.75, 3.05) is 6.61 Å². The fraction of sp³-hybridized carbons (Fsp3) is 0.300. The predicted octanol–water partition coefficient (Wildman–Crippen LogP) is 2.10. The first-order valence-electron chi connectivity index (χ1n) is 4.81. The molecule has 2 heterocycles. The number of carbonyl (C=O) groups is 1. The Hall–Kier alpha value is -1.62. The number of halogens is 1. The second-order valence-corrected chi connectivity index (χ2v) is 3.57. The molecule has 2 aromatic rings. The van der Waals surface area contributed by atoms with Gasteiger partial charge in [0.2, 0.25) is 0 Å². The summed E-state index contributed by atoms with van der Waals surface area (Å²) in [5, 5.41) is 0.279. The zero-order valence-electron chi connectivity index (χ0n) is 8.87. The van der Waals surface area contributed by atoms with Crippen LogP contribution in [0.3, 0.4) is 0 Å². The van der Waals surface area contributed by atoms with E-state index in [9.17, 15) is 4.79 Å². The van der Waals surface area contributed by atoms with E-state index >= 15 is 0 Å². The molecule has 0 aliphatic rings. The molecule has 16 heavy (non-hydrogen) atoms. The van der Waals surface area contributed by atoms with E-state index in [1.54, 1.807) is 13.8 Å². The zero-order chi connectivity index (χ0) is 11.7. The molecule has 0 unspecified atom stereocenters. The highest BCUT2D eigenvalue weighted by Gasteiger charge is 2.19. The first-order valence-corrected chi connectivity index (χ1v) is 5.19. The maximum absolute atomic E-state index is 11.7. The van der Waals surface area contributed by atoms with Gasteiger partial charge < -0.3 is 9.72 Å². The van der Waals surface area contributed by atoms with E-state index in [0.29, 0.717) is 28.9 Å². The van der Waals surface area contributed by atoms with Gasteiger partial charge in [-0.2, -0.15) is 0 Å². The Bertz CT molecular complexity index is 550. The van der Waals surface area contributed by atoms with Crippen LogP contribution < -0.4 is 0 Å². The van der Waals surface area contributed by atoms with Crippen molar-refractivity contribution in [2.45, 2.75) is 13.8 Å². The maximum Gasteiger partial charge on any atom is 0.342 e. The molecular weight excluding hydrogens is 230 g/mol. The van der Waals surface area contributed by atoms with Crippen LogP contribution in [0.2, 0.25) is 5.15 Å². The van der Waals surface area contributed by atoms with Gasteiger partial charge in [0.1, 0.15) is 11.1 Å². The van der Waals surface area contributed by atoms with Crippen LogP contribution in [0.25, 0.3) is 11.0 Å². The summed E-state index contributed by atoms with van der Waals surface area (Å²) in [6.45, 7) is 3.77. The Morgan fingerprint density at radius 1 is 1.62 bits per heavy atom. The number of ether oxygens (including phenoxy) is 1. The molecule has 0 fully saturated rings. The third kappa shape index (κ3) is 1.63. The monoisotopic (exact) mass is 239 g/mol. The van der Waals surface area contributed by atoms with Gasteiger partial charge in [-0.05, 0) is 13.8 Å². The minimum atomic E-state index is -0.418. The summed E-state index contributed by atoms with van der Waals surface area (Å²) in [6, 6.07) is 0. The summed E-state index contributed by atoms with van der Waals surface area (Å²) in [6.07, 6.45) is 1.47. The van der Waals surface area contributed by atoms with Crippen LogP contribution in [0.4, 0.5) is 0 Å². The molecule has 2 aromatic heterocycles. The summed E-state index contributed by atoms with van der Waals surface area (Å²) < 4.78 is 4.96. The first kappa shape index (κ1) is 10.9. The number of hydrogen-bond acceptors (Lipinski definition) is 4. The van der Waals surface area contributed by atoms with E-state index in [2.05, 4.69) is 15.0 Å². The Morgan fingerprint density at radius 2 is 2.38 bits per heavy atom. The highest BCUT2D eigenvalue weighted by Crippen LogP contribution is 2.24. The number of fused-ring (bicyclic) bond motifs is 1. The van der Waals surface area contributed by atoms with E-state index in [1.165, 1.54) is 6.33 Å². The van der Waals surface area contributed by atoms with E-state index in [4.69, 9.17) is 16.3 Å². The third-order valence-corrected chi connectivity index (χ3v) is 2.46. The third-order valence-electron chi connectivity index (χ3n) is 2.19. The van der Waals surface area contributed by atoms with Gasteiger partial charge in [0.05, 0.1) is 24.1 Å². The van der Waals surface area contributed by atoms with E-state index < -0.39 is 5.97 Å².